The summed E-state index contributed by atoms with van der Waals surface area (Å²) in [6.45, 7) is 0.494. The number of methoxy groups -OCH3 is 3. The van der Waals surface area contributed by atoms with Crippen molar-refractivity contribution in [1.29, 1.82) is 0 Å². The summed E-state index contributed by atoms with van der Waals surface area (Å²) in [5.74, 6) is 0.115. The van der Waals surface area contributed by atoms with Crippen LogP contribution in [0.25, 0.3) is 10.9 Å². The number of benzene rings is 1. The number of aliphatic carboxylic acids is 1. The lowest BCUT2D eigenvalue weighted by atomic mass is 10.2. The van der Waals surface area contributed by atoms with Gasteiger partial charge in [-0.25, -0.2) is 0 Å². The minimum atomic E-state index is -0.947. The quantitative estimate of drug-likeness (QED) is 0.488. The van der Waals surface area contributed by atoms with Gasteiger partial charge in [0.25, 0.3) is 5.91 Å². The van der Waals surface area contributed by atoms with Crippen molar-refractivity contribution in [1.82, 2.24) is 15.6 Å². The maximum Gasteiger partial charge on any atom is 0.317 e. The van der Waals surface area contributed by atoms with Gasteiger partial charge in [-0.05, 0) is 12.1 Å². The summed E-state index contributed by atoms with van der Waals surface area (Å²) in [6, 6.07) is 3.43. The summed E-state index contributed by atoms with van der Waals surface area (Å²) in [7, 11) is 4.53. The number of fused-ring (bicyclic) bond motifs is 1. The van der Waals surface area contributed by atoms with Gasteiger partial charge in [-0.1, -0.05) is 0 Å². The average Bonchev–Trinajstić information content (AvgIpc) is 3.02. The highest BCUT2D eigenvalue weighted by atomic mass is 16.5. The number of rotatable bonds is 9. The first kappa shape index (κ1) is 18.4. The van der Waals surface area contributed by atoms with E-state index in [-0.39, 0.29) is 12.5 Å². The van der Waals surface area contributed by atoms with E-state index in [1.807, 2.05) is 0 Å². The Morgan fingerprint density at radius 3 is 2.40 bits per heavy atom. The van der Waals surface area contributed by atoms with Crippen LogP contribution in [0.5, 0.6) is 17.2 Å². The second kappa shape index (κ2) is 8.25. The SMILES string of the molecule is COc1cc2cc(C(=O)NCCNCC(=O)O)[nH]c2c(OC)c1OC. The predicted molar refractivity (Wildman–Crippen MR) is 90.8 cm³/mol. The topological polar surface area (TPSA) is 122 Å². The van der Waals surface area contributed by atoms with Gasteiger partial charge in [0.05, 0.1) is 33.4 Å². The van der Waals surface area contributed by atoms with Crippen LogP contribution in [0.3, 0.4) is 0 Å². The summed E-state index contributed by atoms with van der Waals surface area (Å²) in [5.41, 5.74) is 0.969. The second-order valence-electron chi connectivity index (χ2n) is 5.12. The monoisotopic (exact) mass is 351 g/mol. The van der Waals surface area contributed by atoms with Crippen LogP contribution in [-0.2, 0) is 4.79 Å². The van der Waals surface area contributed by atoms with E-state index in [2.05, 4.69) is 15.6 Å². The van der Waals surface area contributed by atoms with E-state index in [0.29, 0.717) is 41.5 Å². The number of aromatic nitrogens is 1. The third kappa shape index (κ3) is 4.13. The van der Waals surface area contributed by atoms with Crippen molar-refractivity contribution < 1.29 is 28.9 Å². The largest absolute Gasteiger partial charge is 0.493 e. The Morgan fingerprint density at radius 1 is 1.08 bits per heavy atom. The molecule has 0 aliphatic heterocycles. The van der Waals surface area contributed by atoms with Crippen molar-refractivity contribution in [3.63, 3.8) is 0 Å². The van der Waals surface area contributed by atoms with Crippen molar-refractivity contribution in [3.8, 4) is 17.2 Å². The molecule has 1 heterocycles. The normalized spacial score (nSPS) is 10.5. The van der Waals surface area contributed by atoms with Crippen LogP contribution in [0, 0.1) is 0 Å². The van der Waals surface area contributed by atoms with Crippen molar-refractivity contribution in [2.24, 2.45) is 0 Å². The van der Waals surface area contributed by atoms with Gasteiger partial charge in [-0.15, -0.1) is 0 Å². The maximum absolute atomic E-state index is 12.2. The number of carbonyl (C=O) groups excluding carboxylic acids is 1. The number of carboxylic acids is 1. The maximum atomic E-state index is 12.2. The molecule has 1 amide bonds. The second-order valence-corrected chi connectivity index (χ2v) is 5.12. The molecular weight excluding hydrogens is 330 g/mol. The van der Waals surface area contributed by atoms with E-state index < -0.39 is 5.97 Å². The Morgan fingerprint density at radius 2 is 1.80 bits per heavy atom. The van der Waals surface area contributed by atoms with Crippen LogP contribution in [0.15, 0.2) is 12.1 Å². The highest BCUT2D eigenvalue weighted by Crippen LogP contribution is 2.43. The summed E-state index contributed by atoms with van der Waals surface area (Å²) in [4.78, 5) is 25.6. The molecule has 0 spiro atoms. The van der Waals surface area contributed by atoms with Gasteiger partial charge in [-0.3, -0.25) is 9.59 Å². The third-order valence-electron chi connectivity index (χ3n) is 3.53. The van der Waals surface area contributed by atoms with Crippen molar-refractivity contribution >= 4 is 22.8 Å². The zero-order valence-corrected chi connectivity index (χ0v) is 14.3. The summed E-state index contributed by atoms with van der Waals surface area (Å²) < 4.78 is 16.0. The molecule has 9 nitrogen and oxygen atoms in total. The van der Waals surface area contributed by atoms with E-state index >= 15 is 0 Å². The number of carbonyl (C=O) groups is 2. The molecular formula is C16H21N3O6. The van der Waals surface area contributed by atoms with Gasteiger partial charge in [-0.2, -0.15) is 0 Å². The molecule has 0 fully saturated rings. The summed E-state index contributed by atoms with van der Waals surface area (Å²) in [5, 5.41) is 14.7. The number of ether oxygens (including phenoxy) is 3. The van der Waals surface area contributed by atoms with Crippen molar-refractivity contribution in [2.75, 3.05) is 41.0 Å². The number of aromatic amines is 1. The lowest BCUT2D eigenvalue weighted by molar-refractivity contribution is -0.135. The number of nitrogens with one attached hydrogen (secondary N) is 3. The van der Waals surface area contributed by atoms with E-state index in [9.17, 15) is 9.59 Å². The first-order chi connectivity index (χ1) is 12.0. The molecule has 0 aliphatic rings. The molecule has 4 N–H and O–H groups in total. The van der Waals surface area contributed by atoms with Gasteiger partial charge in [0.15, 0.2) is 11.5 Å². The van der Waals surface area contributed by atoms with Crippen molar-refractivity contribution in [2.45, 2.75) is 0 Å². The molecule has 0 saturated carbocycles. The van der Waals surface area contributed by atoms with Crippen LogP contribution in [0.1, 0.15) is 10.5 Å². The van der Waals surface area contributed by atoms with E-state index in [0.717, 1.165) is 5.39 Å². The molecule has 0 atom stereocenters. The lowest BCUT2D eigenvalue weighted by Crippen LogP contribution is -2.34. The first-order valence-electron chi connectivity index (χ1n) is 7.54. The van der Waals surface area contributed by atoms with Gasteiger partial charge >= 0.3 is 5.97 Å². The Balaban J connectivity index is 2.17. The highest BCUT2D eigenvalue weighted by molar-refractivity contribution is 6.00. The fraction of sp³-hybridized carbons (Fsp3) is 0.375. The van der Waals surface area contributed by atoms with Crippen LogP contribution >= 0.6 is 0 Å². The standard InChI is InChI=1S/C16H21N3O6/c1-23-11-7-9-6-10(16(22)18-5-4-17-8-12(20)21)19-13(9)15(25-3)14(11)24-2/h6-7,17,19H,4-5,8H2,1-3H3,(H,18,22)(H,20,21). The van der Waals surface area contributed by atoms with Crippen molar-refractivity contribution in [3.05, 3.63) is 17.8 Å². The smallest absolute Gasteiger partial charge is 0.317 e. The Hall–Kier alpha value is -2.94. The summed E-state index contributed by atoms with van der Waals surface area (Å²) in [6.07, 6.45) is 0. The number of H-pyrrole nitrogens is 1. The predicted octanol–water partition coefficient (Wildman–Crippen LogP) is 0.598. The lowest BCUT2D eigenvalue weighted by Gasteiger charge is -2.12. The molecule has 1 aromatic carbocycles. The van der Waals surface area contributed by atoms with Crippen LogP contribution < -0.4 is 24.8 Å². The molecule has 0 aliphatic carbocycles. The molecule has 0 radical (unpaired) electrons. The zero-order chi connectivity index (χ0) is 18.4. The zero-order valence-electron chi connectivity index (χ0n) is 14.3. The van der Waals surface area contributed by atoms with Gasteiger partial charge in [0, 0.05) is 18.5 Å². The molecule has 0 bridgehead atoms. The average molecular weight is 351 g/mol. The molecule has 0 saturated heterocycles. The molecule has 25 heavy (non-hydrogen) atoms. The highest BCUT2D eigenvalue weighted by Gasteiger charge is 2.19. The molecule has 2 aromatic rings. The van der Waals surface area contributed by atoms with Gasteiger partial charge < -0.3 is 34.9 Å². The fourth-order valence-electron chi connectivity index (χ4n) is 2.42. The number of amides is 1. The van der Waals surface area contributed by atoms with Gasteiger partial charge in [0.1, 0.15) is 5.69 Å². The Labute approximate surface area is 144 Å². The minimum absolute atomic E-state index is 0.154. The number of carboxylic acid groups (broad SMARTS) is 1. The minimum Gasteiger partial charge on any atom is -0.493 e. The van der Waals surface area contributed by atoms with E-state index in [4.69, 9.17) is 19.3 Å². The molecule has 0 unspecified atom stereocenters. The van der Waals surface area contributed by atoms with Crippen LogP contribution in [0.2, 0.25) is 0 Å². The molecule has 136 valence electrons. The van der Waals surface area contributed by atoms with Crippen LogP contribution in [0.4, 0.5) is 0 Å². The number of hydrogen-bond acceptors (Lipinski definition) is 6. The van der Waals surface area contributed by atoms with Crippen LogP contribution in [-0.4, -0.2) is 62.9 Å². The van der Waals surface area contributed by atoms with E-state index in [1.165, 1.54) is 21.3 Å². The molecule has 9 heteroatoms. The first-order valence-corrected chi connectivity index (χ1v) is 7.54. The van der Waals surface area contributed by atoms with Gasteiger partial charge in [0.2, 0.25) is 5.75 Å². The van der Waals surface area contributed by atoms with E-state index in [1.54, 1.807) is 12.1 Å². The third-order valence-corrected chi connectivity index (χ3v) is 3.53. The molecule has 2 rings (SSSR count). The Kier molecular flexibility index (Phi) is 6.07. The Bertz CT molecular complexity index is 771. The number of hydrogen-bond donors (Lipinski definition) is 4. The fourth-order valence-corrected chi connectivity index (χ4v) is 2.42. The summed E-state index contributed by atoms with van der Waals surface area (Å²) >= 11 is 0. The molecule has 1 aromatic heterocycles.